The molecule has 3 heterocycles. The smallest absolute Gasteiger partial charge is 0.335 e. The summed E-state index contributed by atoms with van der Waals surface area (Å²) in [5, 5.41) is 146. The number of fused-ring (bicyclic) bond motifs is 7. The van der Waals surface area contributed by atoms with E-state index in [1.165, 1.54) is 0 Å². The minimum atomic E-state index is -2.18. The Kier molecular flexibility index (Phi) is 18.4. The molecule has 4 saturated carbocycles. The van der Waals surface area contributed by atoms with Gasteiger partial charge in [0.1, 0.15) is 67.1 Å². The van der Waals surface area contributed by atoms with E-state index >= 15 is 0 Å². The second kappa shape index (κ2) is 23.3. The largest absolute Gasteiger partial charge is 0.479 e. The number of hydrogen-bond donors (Lipinski definition) is 13. The van der Waals surface area contributed by atoms with Gasteiger partial charge in [-0.05, 0) is 94.8 Å². The first-order valence-corrected chi connectivity index (χ1v) is 28.3. The van der Waals surface area contributed by atoms with Gasteiger partial charge >= 0.3 is 17.9 Å². The van der Waals surface area contributed by atoms with E-state index < -0.39 is 205 Å². The van der Waals surface area contributed by atoms with Crippen LogP contribution in [0.15, 0.2) is 34.9 Å². The molecule has 8 aliphatic rings. The first-order valence-electron chi connectivity index (χ1n) is 28.3. The van der Waals surface area contributed by atoms with Gasteiger partial charge in [-0.25, -0.2) is 14.4 Å². The fourth-order valence-electron chi connectivity index (χ4n) is 16.2. The van der Waals surface area contributed by atoms with Crippen molar-refractivity contribution in [1.82, 2.24) is 0 Å². The van der Waals surface area contributed by atoms with Gasteiger partial charge in [-0.2, -0.15) is 0 Å². The zero-order valence-corrected chi connectivity index (χ0v) is 47.8. The highest BCUT2D eigenvalue weighted by molar-refractivity contribution is 5.89. The summed E-state index contributed by atoms with van der Waals surface area (Å²) in [6, 6.07) is 0. The van der Waals surface area contributed by atoms with Crippen molar-refractivity contribution in [3.8, 4) is 0 Å². The van der Waals surface area contributed by atoms with E-state index in [0.29, 0.717) is 31.3 Å². The van der Waals surface area contributed by atoms with Gasteiger partial charge in [0.2, 0.25) is 0 Å². The van der Waals surface area contributed by atoms with Crippen LogP contribution < -0.4 is 0 Å². The predicted octanol–water partition coefficient (Wildman–Crippen LogP) is -0.765. The average Bonchev–Trinajstić information content (AvgIpc) is 3.47. The number of allylic oxidation sites excluding steroid dienone is 3. The molecule has 13 N–H and O–H groups in total. The molecule has 5 aliphatic carbocycles. The highest BCUT2D eigenvalue weighted by Gasteiger charge is 2.77. The number of carbonyl (C=O) groups is 3. The van der Waals surface area contributed by atoms with E-state index in [1.54, 1.807) is 39.8 Å². The van der Waals surface area contributed by atoms with Crippen molar-refractivity contribution >= 4 is 17.9 Å². The number of carbonyl (C=O) groups excluding carboxylic acids is 2. The fraction of sp³-hybridized carbons (Fsp3) is 0.842. The monoisotopic (exact) mass is 1160 g/mol. The van der Waals surface area contributed by atoms with Crippen LogP contribution in [0.3, 0.4) is 0 Å². The van der Waals surface area contributed by atoms with Gasteiger partial charge in [0.05, 0.1) is 50.2 Å². The van der Waals surface area contributed by atoms with E-state index in [9.17, 15) is 80.8 Å². The molecule has 0 aromatic rings. The second-order valence-electron chi connectivity index (χ2n) is 25.9. The standard InChI is InChI=1S/C57H88O24/c1-11-24(3)47(72)80-44-45(81-48(73)25(4)12-2)57(23-60)27(19-52(44,5)6)26-13-14-31-53(7)17-16-32(54(8,22-59)30(53)15-18-55(31,9)56(26,10)42(68)43(57)69)76-51-41(79-50-37(66)35(64)34(63)29(20-58)75-50)39(38(67)40(78-51)46(70)71)77-49-36(65)33(62)28(61)21-74-49/h11-13,27-45,49-51,58-69H,14-23H2,1-10H3,(H,70,71)/b24-11-,25-12-/t27-,28+,29+,30+,31+,32-,33-,34-,35-,36+,37+,38-,39-,40-,41+,42-,43+,44-,45-,49-,50-,51+,53-,54+,55+,56-,57-/m0/s1. The van der Waals surface area contributed by atoms with Crippen LogP contribution in [0, 0.1) is 50.2 Å². The molecule has 81 heavy (non-hydrogen) atoms. The highest BCUT2D eigenvalue weighted by atomic mass is 16.8. The van der Waals surface area contributed by atoms with Crippen LogP contribution in [0.1, 0.15) is 108 Å². The van der Waals surface area contributed by atoms with E-state index in [1.807, 2.05) is 27.7 Å². The molecule has 3 saturated heterocycles. The third kappa shape index (κ3) is 10.1. The summed E-state index contributed by atoms with van der Waals surface area (Å²) in [6.07, 6.45) is -26.1. The maximum Gasteiger partial charge on any atom is 0.335 e. The number of aliphatic hydroxyl groups is 12. The molecule has 27 atom stereocenters. The van der Waals surface area contributed by atoms with E-state index in [-0.39, 0.29) is 24.3 Å². The van der Waals surface area contributed by atoms with Crippen LogP contribution in [0.25, 0.3) is 0 Å². The summed E-state index contributed by atoms with van der Waals surface area (Å²) in [5.74, 6) is -4.48. The number of aliphatic carboxylic acids is 1. The number of carboxylic acids is 1. The maximum absolute atomic E-state index is 13.9. The van der Waals surface area contributed by atoms with E-state index in [2.05, 4.69) is 19.9 Å². The second-order valence-corrected chi connectivity index (χ2v) is 25.9. The Hall–Kier alpha value is -3.09. The first-order chi connectivity index (χ1) is 37.9. The highest BCUT2D eigenvalue weighted by Crippen LogP contribution is 2.76. The number of carboxylic acid groups (broad SMARTS) is 1. The van der Waals surface area contributed by atoms with Crippen molar-refractivity contribution in [2.24, 2.45) is 50.2 Å². The summed E-state index contributed by atoms with van der Waals surface area (Å²) in [4.78, 5) is 40.4. The molecule has 3 aliphatic heterocycles. The van der Waals surface area contributed by atoms with Gasteiger partial charge < -0.3 is 104 Å². The molecule has 24 nitrogen and oxygen atoms in total. The average molecular weight is 1160 g/mol. The predicted molar refractivity (Wildman–Crippen MR) is 278 cm³/mol. The molecule has 0 bridgehead atoms. The molecular weight excluding hydrogens is 1070 g/mol. The SMILES string of the molecule is C/C=C(/C)C(=O)O[C@H]1[C@H](OC(=O)/C(C)=C\C)[C@]2(CO)[C@H](O)[C@H](O)[C@]3(C)C(=CC[C@@H]4[C@@]5(C)CC[C@H](O[C@@H]6O[C@H](C(=O)O)[C@@H](O)[C@H](O[C@@H]7OC[C@@H](O)[C@H](O)[C@H]7O)[C@H]6O[C@@H]6O[C@H](CO)[C@H](O)[C@H](O)[C@H]6O)[C@](C)(CO)[C@@H]5CC[C@]43C)[C@@H]2CC1(C)C. The Morgan fingerprint density at radius 3 is 1.85 bits per heavy atom. The van der Waals surface area contributed by atoms with Gasteiger partial charge in [-0.1, -0.05) is 65.3 Å². The first kappa shape index (κ1) is 63.9. The number of rotatable bonds is 14. The summed E-state index contributed by atoms with van der Waals surface area (Å²) in [7, 11) is 0. The Bertz CT molecular complexity index is 2410. The number of ether oxygens (including phenoxy) is 8. The van der Waals surface area contributed by atoms with Crippen LogP contribution >= 0.6 is 0 Å². The summed E-state index contributed by atoms with van der Waals surface area (Å²) < 4.78 is 48.7. The van der Waals surface area contributed by atoms with Gasteiger partial charge in [-0.3, -0.25) is 0 Å². The normalized spacial score (nSPS) is 49.9. The molecule has 0 unspecified atom stereocenters. The lowest BCUT2D eigenvalue weighted by atomic mass is 9.32. The Labute approximate surface area is 471 Å². The van der Waals surface area contributed by atoms with E-state index in [4.69, 9.17) is 37.9 Å². The van der Waals surface area contributed by atoms with Gasteiger partial charge in [-0.15, -0.1) is 0 Å². The lowest BCUT2D eigenvalue weighted by Gasteiger charge is -2.73. The summed E-state index contributed by atoms with van der Waals surface area (Å²) in [5.41, 5.74) is -5.25. The number of hydrogen-bond acceptors (Lipinski definition) is 23. The van der Waals surface area contributed by atoms with Crippen LogP contribution in [0.2, 0.25) is 0 Å². The molecule has 24 heteroatoms. The van der Waals surface area contributed by atoms with Crippen molar-refractivity contribution in [3.63, 3.8) is 0 Å². The third-order valence-corrected chi connectivity index (χ3v) is 21.5. The Morgan fingerprint density at radius 2 is 1.27 bits per heavy atom. The third-order valence-electron chi connectivity index (χ3n) is 21.5. The molecular formula is C57H88O24. The maximum atomic E-state index is 13.9. The van der Waals surface area contributed by atoms with Crippen LogP contribution in [-0.2, 0) is 52.3 Å². The van der Waals surface area contributed by atoms with Gasteiger partial charge in [0, 0.05) is 27.4 Å². The zero-order valence-electron chi connectivity index (χ0n) is 47.8. The molecule has 8 rings (SSSR count). The van der Waals surface area contributed by atoms with Crippen LogP contribution in [0.5, 0.6) is 0 Å². The lowest BCUT2D eigenvalue weighted by Crippen LogP contribution is -2.76. The Balaban J connectivity index is 1.15. The molecule has 0 amide bonds. The van der Waals surface area contributed by atoms with Crippen molar-refractivity contribution in [3.05, 3.63) is 34.9 Å². The lowest BCUT2D eigenvalue weighted by molar-refractivity contribution is -0.393. The number of aliphatic hydroxyl groups excluding tert-OH is 12. The molecule has 0 radical (unpaired) electrons. The molecule has 7 fully saturated rings. The van der Waals surface area contributed by atoms with Crippen LogP contribution in [0.4, 0.5) is 0 Å². The van der Waals surface area contributed by atoms with Crippen LogP contribution in [-0.4, -0.2) is 227 Å². The van der Waals surface area contributed by atoms with Crippen molar-refractivity contribution in [1.29, 1.82) is 0 Å². The zero-order chi connectivity index (χ0) is 60.0. The number of esters is 2. The minimum absolute atomic E-state index is 0.165. The van der Waals surface area contributed by atoms with Gasteiger partial charge in [0.15, 0.2) is 31.1 Å². The van der Waals surface area contributed by atoms with Crippen molar-refractivity contribution < 1.29 is 119 Å². The minimum Gasteiger partial charge on any atom is -0.479 e. The van der Waals surface area contributed by atoms with Crippen molar-refractivity contribution in [2.45, 2.75) is 224 Å². The topological polar surface area (TPSA) is 388 Å². The summed E-state index contributed by atoms with van der Waals surface area (Å²) >= 11 is 0. The molecule has 0 spiro atoms. The van der Waals surface area contributed by atoms with Gasteiger partial charge in [0.25, 0.3) is 0 Å². The fourth-order valence-corrected chi connectivity index (χ4v) is 16.2. The quantitative estimate of drug-likeness (QED) is 0.0440. The molecule has 0 aromatic heterocycles. The molecule has 0 aromatic carbocycles. The van der Waals surface area contributed by atoms with Crippen molar-refractivity contribution in [2.75, 3.05) is 26.4 Å². The van der Waals surface area contributed by atoms with E-state index in [0.717, 1.165) is 5.57 Å². The summed E-state index contributed by atoms with van der Waals surface area (Å²) in [6.45, 7) is 15.6. The Morgan fingerprint density at radius 1 is 0.667 bits per heavy atom. The molecule has 460 valence electrons.